The number of nitrogens with one attached hydrogen (secondary N) is 2. The van der Waals surface area contributed by atoms with Gasteiger partial charge in [-0.3, -0.25) is 9.89 Å². The van der Waals surface area contributed by atoms with Crippen LogP contribution in [-0.2, 0) is 21.4 Å². The van der Waals surface area contributed by atoms with Crippen molar-refractivity contribution in [1.29, 1.82) is 0 Å². The number of amides is 1. The van der Waals surface area contributed by atoms with E-state index in [4.69, 9.17) is 0 Å². The lowest BCUT2D eigenvalue weighted by Crippen LogP contribution is -2.30. The number of phenols is 1. The predicted octanol–water partition coefficient (Wildman–Crippen LogP) is 2.62. The highest BCUT2D eigenvalue weighted by Crippen LogP contribution is 2.38. The Bertz CT molecular complexity index is 1030. The normalized spacial score (nSPS) is 19.5. The number of hydrogen-bond donors (Lipinski definition) is 3. The summed E-state index contributed by atoms with van der Waals surface area (Å²) in [6, 6.07) is 4.29. The first-order valence-electron chi connectivity index (χ1n) is 9.74. The predicted molar refractivity (Wildman–Crippen MR) is 105 cm³/mol. The van der Waals surface area contributed by atoms with Crippen molar-refractivity contribution >= 4 is 21.8 Å². The number of aromatic amines is 1. The van der Waals surface area contributed by atoms with Crippen molar-refractivity contribution in [2.45, 2.75) is 44.9 Å². The van der Waals surface area contributed by atoms with Crippen LogP contribution in [0.15, 0.2) is 18.2 Å². The molecule has 1 aliphatic heterocycles. The standard InChI is InChI=1S/C19H23FN4O4S/c20-18-14(8-9-16(25)19(18)24-11-17(26)23-29(24,27)28)15-10-13(21-22-15)7-6-12-4-2-1-3-5-12/h8-10,12,25H,1-7,11H2,(H,21,22)(H,23,26). The molecule has 2 aromatic rings. The van der Waals surface area contributed by atoms with Crippen LogP contribution in [0.2, 0.25) is 0 Å². The van der Waals surface area contributed by atoms with Gasteiger partial charge < -0.3 is 5.11 Å². The summed E-state index contributed by atoms with van der Waals surface area (Å²) in [5, 5.41) is 17.1. The first-order valence-corrected chi connectivity index (χ1v) is 11.2. The number of carbonyl (C=O) groups excluding carboxylic acids is 1. The summed E-state index contributed by atoms with van der Waals surface area (Å²) in [6.07, 6.45) is 8.15. The van der Waals surface area contributed by atoms with E-state index in [0.717, 1.165) is 18.5 Å². The number of aromatic hydroxyl groups is 1. The molecule has 2 heterocycles. The molecule has 1 aliphatic carbocycles. The third-order valence-corrected chi connectivity index (χ3v) is 7.00. The zero-order chi connectivity index (χ0) is 20.6. The lowest BCUT2D eigenvalue weighted by molar-refractivity contribution is -0.117. The summed E-state index contributed by atoms with van der Waals surface area (Å²) in [7, 11) is -4.24. The third kappa shape index (κ3) is 3.93. The van der Waals surface area contributed by atoms with Gasteiger partial charge in [0.1, 0.15) is 18.0 Å². The maximum Gasteiger partial charge on any atom is 0.326 e. The molecule has 8 nitrogen and oxygen atoms in total. The van der Waals surface area contributed by atoms with Crippen LogP contribution in [0.1, 0.15) is 44.2 Å². The van der Waals surface area contributed by atoms with E-state index in [-0.39, 0.29) is 5.56 Å². The Morgan fingerprint density at radius 3 is 2.69 bits per heavy atom. The van der Waals surface area contributed by atoms with Crippen molar-refractivity contribution in [1.82, 2.24) is 14.9 Å². The molecule has 0 radical (unpaired) electrons. The molecule has 10 heteroatoms. The van der Waals surface area contributed by atoms with Gasteiger partial charge in [-0.05, 0) is 37.0 Å². The fourth-order valence-electron chi connectivity index (χ4n) is 4.10. The minimum atomic E-state index is -4.24. The smallest absolute Gasteiger partial charge is 0.326 e. The first kappa shape index (κ1) is 19.7. The van der Waals surface area contributed by atoms with Crippen LogP contribution in [0, 0.1) is 11.7 Å². The van der Waals surface area contributed by atoms with Crippen LogP contribution < -0.4 is 9.03 Å². The average Bonchev–Trinajstić information content (AvgIpc) is 3.25. The molecular weight excluding hydrogens is 399 g/mol. The number of H-pyrrole nitrogens is 1. The van der Waals surface area contributed by atoms with E-state index in [1.165, 1.54) is 44.2 Å². The second kappa shape index (κ2) is 7.66. The Balaban J connectivity index is 1.58. The van der Waals surface area contributed by atoms with Gasteiger partial charge in [0.2, 0.25) is 0 Å². The lowest BCUT2D eigenvalue weighted by atomic mass is 9.86. The van der Waals surface area contributed by atoms with Crippen molar-refractivity contribution < 1.29 is 22.7 Å². The summed E-state index contributed by atoms with van der Waals surface area (Å²) >= 11 is 0. The fraction of sp³-hybridized carbons (Fsp3) is 0.474. The molecule has 2 aliphatic rings. The number of phenolic OH excluding ortho intramolecular Hbond substituents is 1. The van der Waals surface area contributed by atoms with Gasteiger partial charge in [-0.1, -0.05) is 32.1 Å². The minimum Gasteiger partial charge on any atom is -0.506 e. The SMILES string of the molecule is O=C1CN(c2c(O)ccc(-c3cc(CCC4CCCCC4)n[nH]3)c2F)S(=O)(=O)N1. The Kier molecular flexibility index (Phi) is 5.20. The van der Waals surface area contributed by atoms with Crippen LogP contribution in [0.5, 0.6) is 5.75 Å². The van der Waals surface area contributed by atoms with Crippen molar-refractivity contribution in [2.75, 3.05) is 10.8 Å². The second-order valence-electron chi connectivity index (χ2n) is 7.65. The van der Waals surface area contributed by atoms with E-state index in [1.54, 1.807) is 10.8 Å². The Labute approximate surface area is 168 Å². The van der Waals surface area contributed by atoms with Gasteiger partial charge in [0.15, 0.2) is 5.82 Å². The number of rotatable bonds is 5. The third-order valence-electron chi connectivity index (χ3n) is 5.62. The molecule has 1 aromatic heterocycles. The van der Waals surface area contributed by atoms with Crippen molar-refractivity contribution in [3.63, 3.8) is 0 Å². The highest BCUT2D eigenvalue weighted by atomic mass is 32.2. The van der Waals surface area contributed by atoms with Gasteiger partial charge in [-0.15, -0.1) is 0 Å². The summed E-state index contributed by atoms with van der Waals surface area (Å²) in [4.78, 5) is 11.5. The highest BCUT2D eigenvalue weighted by molar-refractivity contribution is 7.92. The number of aryl methyl sites for hydroxylation is 1. The number of hydrogen-bond acceptors (Lipinski definition) is 5. The monoisotopic (exact) mass is 422 g/mol. The number of aromatic nitrogens is 2. The van der Waals surface area contributed by atoms with E-state index in [1.807, 2.05) is 0 Å². The van der Waals surface area contributed by atoms with E-state index in [9.17, 15) is 18.3 Å². The minimum absolute atomic E-state index is 0.0729. The maximum absolute atomic E-state index is 15.2. The topological polar surface area (TPSA) is 115 Å². The fourth-order valence-corrected chi connectivity index (χ4v) is 5.27. The quantitative estimate of drug-likeness (QED) is 0.685. The molecule has 2 fully saturated rings. The van der Waals surface area contributed by atoms with Gasteiger partial charge in [0, 0.05) is 5.56 Å². The zero-order valence-electron chi connectivity index (χ0n) is 15.8. The molecule has 1 saturated carbocycles. The van der Waals surface area contributed by atoms with Crippen LogP contribution in [0.25, 0.3) is 11.3 Å². The lowest BCUT2D eigenvalue weighted by Gasteiger charge is -2.20. The van der Waals surface area contributed by atoms with Gasteiger partial charge >= 0.3 is 10.2 Å². The molecular formula is C19H23FN4O4S. The van der Waals surface area contributed by atoms with E-state index in [0.29, 0.717) is 15.9 Å². The molecule has 0 unspecified atom stereocenters. The molecule has 4 rings (SSSR count). The molecule has 0 bridgehead atoms. The maximum atomic E-state index is 15.2. The van der Waals surface area contributed by atoms with E-state index in [2.05, 4.69) is 10.2 Å². The Morgan fingerprint density at radius 2 is 2.00 bits per heavy atom. The number of nitrogens with zero attached hydrogens (tertiary/aromatic N) is 2. The Hall–Kier alpha value is -2.62. The van der Waals surface area contributed by atoms with Crippen molar-refractivity contribution in [2.24, 2.45) is 5.92 Å². The molecule has 0 atom stereocenters. The molecule has 1 amide bonds. The van der Waals surface area contributed by atoms with Gasteiger partial charge in [0.05, 0.1) is 11.4 Å². The summed E-state index contributed by atoms with van der Waals surface area (Å²) in [5.74, 6) is -1.59. The van der Waals surface area contributed by atoms with E-state index >= 15 is 4.39 Å². The van der Waals surface area contributed by atoms with Crippen LogP contribution >= 0.6 is 0 Å². The Morgan fingerprint density at radius 1 is 1.24 bits per heavy atom. The zero-order valence-corrected chi connectivity index (χ0v) is 16.6. The van der Waals surface area contributed by atoms with Crippen molar-refractivity contribution in [3.05, 3.63) is 29.7 Å². The summed E-state index contributed by atoms with van der Waals surface area (Å²) in [5.41, 5.74) is 0.714. The van der Waals surface area contributed by atoms with Crippen LogP contribution in [0.4, 0.5) is 10.1 Å². The molecule has 3 N–H and O–H groups in total. The number of anilines is 1. The number of carbonyl (C=O) groups is 1. The second-order valence-corrected chi connectivity index (χ2v) is 9.24. The van der Waals surface area contributed by atoms with Gasteiger partial charge in [-0.2, -0.15) is 13.5 Å². The largest absolute Gasteiger partial charge is 0.506 e. The van der Waals surface area contributed by atoms with Crippen LogP contribution in [0.3, 0.4) is 0 Å². The molecule has 1 aromatic carbocycles. The summed E-state index contributed by atoms with van der Waals surface area (Å²) in [6.45, 7) is -0.591. The molecule has 156 valence electrons. The van der Waals surface area contributed by atoms with Crippen molar-refractivity contribution in [3.8, 4) is 17.0 Å². The number of halogens is 1. The first-order chi connectivity index (χ1) is 13.8. The van der Waals surface area contributed by atoms with Crippen LogP contribution in [-0.4, -0.2) is 36.2 Å². The van der Waals surface area contributed by atoms with Gasteiger partial charge in [-0.25, -0.2) is 13.4 Å². The highest BCUT2D eigenvalue weighted by Gasteiger charge is 2.38. The molecule has 0 spiro atoms. The van der Waals surface area contributed by atoms with Gasteiger partial charge in [0.25, 0.3) is 5.91 Å². The average molecular weight is 422 g/mol. The molecule has 1 saturated heterocycles. The number of benzene rings is 1. The summed E-state index contributed by atoms with van der Waals surface area (Å²) < 4.78 is 41.6. The molecule has 29 heavy (non-hydrogen) atoms. The van der Waals surface area contributed by atoms with E-state index < -0.39 is 39.9 Å².